The molecule has 16 heavy (non-hydrogen) atoms. The van der Waals surface area contributed by atoms with Crippen LogP contribution in [0.5, 0.6) is 0 Å². The Balaban J connectivity index is 2.25. The third-order valence-corrected chi connectivity index (χ3v) is 7.18. The fourth-order valence-electron chi connectivity index (χ4n) is 4.07. The summed E-state index contributed by atoms with van der Waals surface area (Å²) in [4.78, 5) is 0. The summed E-state index contributed by atoms with van der Waals surface area (Å²) in [7, 11) is 1.88. The van der Waals surface area contributed by atoms with E-state index >= 15 is 0 Å². The third-order valence-electron chi connectivity index (χ3n) is 4.99. The summed E-state index contributed by atoms with van der Waals surface area (Å²) >= 11 is 0. The van der Waals surface area contributed by atoms with Crippen molar-refractivity contribution in [1.29, 1.82) is 0 Å². The van der Waals surface area contributed by atoms with Crippen molar-refractivity contribution in [3.8, 4) is 0 Å². The van der Waals surface area contributed by atoms with Gasteiger partial charge in [0, 0.05) is 30.1 Å². The second kappa shape index (κ2) is 4.41. The largest absolute Gasteiger partial charge is 0.319 e. The number of rotatable bonds is 4. The Morgan fingerprint density at radius 2 is 1.94 bits per heavy atom. The van der Waals surface area contributed by atoms with E-state index in [4.69, 9.17) is 0 Å². The maximum Gasteiger partial charge on any atom is 0.125 e. The minimum absolute atomic E-state index is 0.366. The van der Waals surface area contributed by atoms with Crippen LogP contribution >= 0.6 is 0 Å². The molecule has 2 aliphatic rings. The zero-order valence-electron chi connectivity index (χ0n) is 11.0. The molecule has 0 aromatic heterocycles. The van der Waals surface area contributed by atoms with Crippen molar-refractivity contribution in [3.05, 3.63) is 0 Å². The zero-order chi connectivity index (χ0) is 11.8. The molecule has 2 rings (SSSR count). The number of hydrogen-bond donors (Lipinski definition) is 0. The van der Waals surface area contributed by atoms with Crippen molar-refractivity contribution in [2.24, 2.45) is 0 Å². The Morgan fingerprint density at radius 1 is 1.31 bits per heavy atom. The van der Waals surface area contributed by atoms with Crippen molar-refractivity contribution in [1.82, 2.24) is 0 Å². The molecule has 94 valence electrons. The highest BCUT2D eigenvalue weighted by Gasteiger charge is 2.63. The predicted molar refractivity (Wildman–Crippen MR) is 69.9 cm³/mol. The summed E-state index contributed by atoms with van der Waals surface area (Å²) in [6.45, 7) is 7.12. The fourth-order valence-corrected chi connectivity index (χ4v) is 6.44. The van der Waals surface area contributed by atoms with Gasteiger partial charge in [-0.15, -0.1) is 0 Å². The molecule has 0 amide bonds. The van der Waals surface area contributed by atoms with Crippen LogP contribution in [0.25, 0.3) is 0 Å². The molecule has 0 N–H and O–H groups in total. The smallest absolute Gasteiger partial charge is 0.125 e. The Bertz CT molecular complexity index is 286. The number of hydrogen-bond acceptors (Lipinski definition) is 1. The van der Waals surface area contributed by atoms with E-state index in [2.05, 4.69) is 20.9 Å². The summed E-state index contributed by atoms with van der Waals surface area (Å²) in [5.74, 6) is 0.968. The highest BCUT2D eigenvalue weighted by molar-refractivity contribution is 7.87. The molecule has 2 nitrogen and oxygen atoms in total. The molecule has 0 aromatic rings. The monoisotopic (exact) mass is 244 g/mol. The van der Waals surface area contributed by atoms with Gasteiger partial charge in [0.1, 0.15) is 5.54 Å². The van der Waals surface area contributed by atoms with Gasteiger partial charge in [0.05, 0.1) is 31.1 Å². The Labute approximate surface area is 102 Å². The van der Waals surface area contributed by atoms with Crippen molar-refractivity contribution < 1.29 is 8.69 Å². The van der Waals surface area contributed by atoms with E-state index < -0.39 is 10.8 Å². The van der Waals surface area contributed by atoms with Gasteiger partial charge in [0.25, 0.3) is 0 Å². The van der Waals surface area contributed by atoms with Crippen LogP contribution in [-0.2, 0) is 10.8 Å². The van der Waals surface area contributed by atoms with E-state index in [-0.39, 0.29) is 0 Å². The molecular formula is C13H26NOS+. The van der Waals surface area contributed by atoms with E-state index in [9.17, 15) is 4.21 Å². The van der Waals surface area contributed by atoms with Crippen LogP contribution in [0.15, 0.2) is 0 Å². The van der Waals surface area contributed by atoms with Crippen LogP contribution in [0.4, 0.5) is 0 Å². The second-order valence-corrected chi connectivity index (χ2v) is 7.44. The predicted octanol–water partition coefficient (Wildman–Crippen LogP) is 2.31. The molecule has 2 heterocycles. The Morgan fingerprint density at radius 3 is 2.38 bits per heavy atom. The van der Waals surface area contributed by atoms with Crippen molar-refractivity contribution in [2.45, 2.75) is 56.7 Å². The van der Waals surface area contributed by atoms with E-state index in [1.165, 1.54) is 43.3 Å². The van der Waals surface area contributed by atoms with Crippen LogP contribution in [0.3, 0.4) is 0 Å². The van der Waals surface area contributed by atoms with Gasteiger partial charge in [0.2, 0.25) is 0 Å². The Hall–Kier alpha value is 0.110. The average Bonchev–Trinajstić information content (AvgIpc) is 2.66. The van der Waals surface area contributed by atoms with Gasteiger partial charge in [0.15, 0.2) is 0 Å². The molecule has 0 unspecified atom stereocenters. The van der Waals surface area contributed by atoms with Gasteiger partial charge >= 0.3 is 0 Å². The SMILES string of the molecule is CCC[C@@]1([N+]2(C)CCCC2)C[S@](=O)[C@@H]1CC. The zero-order valence-corrected chi connectivity index (χ0v) is 11.8. The molecule has 0 radical (unpaired) electrons. The second-order valence-electron chi connectivity index (χ2n) is 5.83. The maximum atomic E-state index is 12.0. The molecule has 2 saturated heterocycles. The van der Waals surface area contributed by atoms with E-state index in [1.54, 1.807) is 0 Å². The lowest BCUT2D eigenvalue weighted by atomic mass is 9.85. The van der Waals surface area contributed by atoms with Gasteiger partial charge in [-0.3, -0.25) is 4.21 Å². The molecule has 0 aliphatic carbocycles. The summed E-state index contributed by atoms with van der Waals surface area (Å²) in [6, 6.07) is 0. The normalized spacial score (nSPS) is 41.9. The lowest BCUT2D eigenvalue weighted by Crippen LogP contribution is -2.75. The third kappa shape index (κ3) is 1.59. The first kappa shape index (κ1) is 12.6. The van der Waals surface area contributed by atoms with Gasteiger partial charge in [-0.05, 0) is 6.42 Å². The lowest BCUT2D eigenvalue weighted by molar-refractivity contribution is -0.948. The number of quaternary nitrogens is 1. The minimum Gasteiger partial charge on any atom is -0.319 e. The first-order valence-electron chi connectivity index (χ1n) is 6.81. The molecule has 2 aliphatic heterocycles. The first-order chi connectivity index (χ1) is 7.59. The summed E-state index contributed by atoms with van der Waals surface area (Å²) in [5, 5.41) is 0.468. The molecule has 0 aromatic carbocycles. The molecule has 0 saturated carbocycles. The fraction of sp³-hybridized carbons (Fsp3) is 1.00. The standard InChI is InChI=1S/C13H26NOS/c1-4-8-13(11-16(15)12(13)5-2)14(3)9-6-7-10-14/h12H,4-11H2,1-3H3/q+1/t12-,13-,16+/m1/s1. The minimum atomic E-state index is -0.538. The number of likely N-dealkylation sites (tertiary alicyclic amines) is 1. The van der Waals surface area contributed by atoms with Crippen LogP contribution in [0.1, 0.15) is 46.0 Å². The lowest BCUT2D eigenvalue weighted by Gasteiger charge is -2.58. The Kier molecular flexibility index (Phi) is 3.47. The molecule has 0 spiro atoms. The van der Waals surface area contributed by atoms with Crippen LogP contribution in [-0.4, -0.2) is 45.4 Å². The summed E-state index contributed by atoms with van der Waals surface area (Å²) < 4.78 is 13.2. The van der Waals surface area contributed by atoms with Gasteiger partial charge in [-0.25, -0.2) is 0 Å². The molecular weight excluding hydrogens is 218 g/mol. The summed E-state index contributed by atoms with van der Waals surface area (Å²) in [5.41, 5.74) is 0.366. The van der Waals surface area contributed by atoms with Crippen LogP contribution < -0.4 is 0 Å². The van der Waals surface area contributed by atoms with Gasteiger partial charge in [-0.2, -0.15) is 0 Å². The first-order valence-corrected chi connectivity index (χ1v) is 8.19. The van der Waals surface area contributed by atoms with E-state index in [0.29, 0.717) is 10.8 Å². The topological polar surface area (TPSA) is 17.1 Å². The van der Waals surface area contributed by atoms with Gasteiger partial charge < -0.3 is 4.48 Å². The highest BCUT2D eigenvalue weighted by Crippen LogP contribution is 2.46. The summed E-state index contributed by atoms with van der Waals surface area (Å²) in [6.07, 6.45) is 6.34. The van der Waals surface area contributed by atoms with Gasteiger partial charge in [-0.1, -0.05) is 20.3 Å². The van der Waals surface area contributed by atoms with Crippen molar-refractivity contribution in [3.63, 3.8) is 0 Å². The molecule has 3 atom stereocenters. The van der Waals surface area contributed by atoms with Crippen LogP contribution in [0.2, 0.25) is 0 Å². The number of nitrogens with zero attached hydrogens (tertiary/aromatic N) is 1. The van der Waals surface area contributed by atoms with E-state index in [1.807, 2.05) is 0 Å². The maximum absolute atomic E-state index is 12.0. The van der Waals surface area contributed by atoms with Crippen molar-refractivity contribution >= 4 is 10.8 Å². The molecule has 0 bridgehead atoms. The van der Waals surface area contributed by atoms with E-state index in [0.717, 1.165) is 12.2 Å². The molecule has 2 fully saturated rings. The highest BCUT2D eigenvalue weighted by atomic mass is 32.2. The average molecular weight is 244 g/mol. The molecule has 3 heteroatoms. The quantitative estimate of drug-likeness (QED) is 0.694. The van der Waals surface area contributed by atoms with Crippen molar-refractivity contribution in [2.75, 3.05) is 25.9 Å². The van der Waals surface area contributed by atoms with Crippen LogP contribution in [0, 0.1) is 0 Å².